The molecule has 0 aromatic heterocycles. The van der Waals surface area contributed by atoms with E-state index in [0.717, 1.165) is 4.90 Å². The van der Waals surface area contributed by atoms with Gasteiger partial charge in [-0.1, -0.05) is 12.1 Å². The van der Waals surface area contributed by atoms with Crippen LogP contribution in [0.4, 0.5) is 5.69 Å². The molecule has 26 heavy (non-hydrogen) atoms. The molecule has 7 nitrogen and oxygen atoms in total. The van der Waals surface area contributed by atoms with E-state index in [-0.39, 0.29) is 17.7 Å². The first-order valence-electron chi connectivity index (χ1n) is 8.11. The summed E-state index contributed by atoms with van der Waals surface area (Å²) in [6, 6.07) is 13.2. The zero-order valence-corrected chi connectivity index (χ0v) is 14.4. The van der Waals surface area contributed by atoms with Gasteiger partial charge in [-0.3, -0.25) is 9.59 Å². The highest BCUT2D eigenvalue weighted by Gasteiger charge is 2.43. The number of anilines is 1. The predicted molar refractivity (Wildman–Crippen MR) is 94.0 cm³/mol. The molecule has 2 amide bonds. The normalized spacial score (nSPS) is 14.0. The Morgan fingerprint density at radius 2 is 1.62 bits per heavy atom. The number of benzene rings is 2. The van der Waals surface area contributed by atoms with Crippen LogP contribution in [-0.4, -0.2) is 42.6 Å². The van der Waals surface area contributed by atoms with Gasteiger partial charge in [-0.25, -0.2) is 9.69 Å². The molecule has 1 aliphatic rings. The van der Waals surface area contributed by atoms with E-state index < -0.39 is 23.9 Å². The van der Waals surface area contributed by atoms with Gasteiger partial charge in [-0.2, -0.15) is 0 Å². The maximum Gasteiger partial charge on any atom is 0.350 e. The molecule has 2 aromatic carbocycles. The van der Waals surface area contributed by atoms with Crippen LogP contribution in [0.3, 0.4) is 0 Å². The maximum absolute atomic E-state index is 12.7. The number of rotatable bonds is 6. The van der Waals surface area contributed by atoms with E-state index in [1.54, 1.807) is 62.6 Å². The third-order valence-corrected chi connectivity index (χ3v) is 3.99. The number of carbonyl (C=O) groups is 3. The fraction of sp³-hybridized carbons (Fsp3) is 0.211. The van der Waals surface area contributed by atoms with Crippen molar-refractivity contribution in [2.75, 3.05) is 19.0 Å². The molecule has 0 saturated carbocycles. The van der Waals surface area contributed by atoms with Crippen molar-refractivity contribution in [1.82, 2.24) is 4.90 Å². The lowest BCUT2D eigenvalue weighted by atomic mass is 10.1. The Morgan fingerprint density at radius 3 is 2.12 bits per heavy atom. The minimum Gasteiger partial charge on any atom is -0.497 e. The quantitative estimate of drug-likeness (QED) is 0.633. The number of nitrogens with one attached hydrogen (secondary N) is 1. The molecule has 1 unspecified atom stereocenters. The van der Waals surface area contributed by atoms with Crippen LogP contribution in [0.15, 0.2) is 48.5 Å². The summed E-state index contributed by atoms with van der Waals surface area (Å²) in [5.41, 5.74) is 1.08. The molecule has 0 saturated heterocycles. The van der Waals surface area contributed by atoms with Gasteiger partial charge in [0.2, 0.25) is 6.17 Å². The Morgan fingerprint density at radius 1 is 1.04 bits per heavy atom. The summed E-state index contributed by atoms with van der Waals surface area (Å²) in [4.78, 5) is 38.7. The van der Waals surface area contributed by atoms with Crippen LogP contribution in [0, 0.1) is 0 Å². The van der Waals surface area contributed by atoms with Crippen molar-refractivity contribution in [3.05, 3.63) is 59.7 Å². The number of amides is 2. The Hall–Kier alpha value is -3.35. The SMILES string of the molecule is CCOC(=O)C(Nc1ccc(OC)cc1)N1C(=O)c2ccccc2C1=O. The molecule has 3 rings (SSSR count). The van der Waals surface area contributed by atoms with E-state index in [2.05, 4.69) is 5.32 Å². The lowest BCUT2D eigenvalue weighted by Gasteiger charge is -2.26. The molecule has 134 valence electrons. The van der Waals surface area contributed by atoms with Crippen LogP contribution in [0.5, 0.6) is 5.75 Å². The van der Waals surface area contributed by atoms with Crippen molar-refractivity contribution in [1.29, 1.82) is 0 Å². The number of hydrogen-bond donors (Lipinski definition) is 1. The van der Waals surface area contributed by atoms with Gasteiger partial charge in [0, 0.05) is 5.69 Å². The molecule has 1 N–H and O–H groups in total. The number of carbonyl (C=O) groups excluding carboxylic acids is 3. The van der Waals surface area contributed by atoms with E-state index in [1.807, 2.05) is 0 Å². The number of imide groups is 1. The average Bonchev–Trinajstić information content (AvgIpc) is 2.92. The topological polar surface area (TPSA) is 84.9 Å². The Labute approximate surface area is 150 Å². The van der Waals surface area contributed by atoms with Crippen LogP contribution in [0.1, 0.15) is 27.6 Å². The van der Waals surface area contributed by atoms with E-state index in [4.69, 9.17) is 9.47 Å². The van der Waals surface area contributed by atoms with Crippen molar-refractivity contribution in [2.24, 2.45) is 0 Å². The maximum atomic E-state index is 12.7. The molecule has 0 radical (unpaired) electrons. The third kappa shape index (κ3) is 3.11. The van der Waals surface area contributed by atoms with Gasteiger partial charge in [0.15, 0.2) is 0 Å². The number of hydrogen-bond acceptors (Lipinski definition) is 6. The fourth-order valence-corrected chi connectivity index (χ4v) is 2.74. The summed E-state index contributed by atoms with van der Waals surface area (Å²) in [6.07, 6.45) is -1.27. The van der Waals surface area contributed by atoms with E-state index in [1.165, 1.54) is 0 Å². The Bertz CT molecular complexity index is 812. The molecule has 0 aliphatic carbocycles. The molecule has 1 heterocycles. The predicted octanol–water partition coefficient (Wildman–Crippen LogP) is 2.29. The number of methoxy groups -OCH3 is 1. The van der Waals surface area contributed by atoms with Crippen LogP contribution >= 0.6 is 0 Å². The third-order valence-electron chi connectivity index (χ3n) is 3.99. The standard InChI is InChI=1S/C19H18N2O5/c1-3-26-19(24)16(20-12-8-10-13(25-2)11-9-12)21-17(22)14-6-4-5-7-15(14)18(21)23/h4-11,16,20H,3H2,1-2H3. The van der Waals surface area contributed by atoms with Crippen molar-refractivity contribution in [3.63, 3.8) is 0 Å². The lowest BCUT2D eigenvalue weighted by Crippen LogP contribution is -2.50. The molecule has 1 atom stereocenters. The largest absolute Gasteiger partial charge is 0.497 e. The lowest BCUT2D eigenvalue weighted by molar-refractivity contribution is -0.146. The summed E-state index contributed by atoms with van der Waals surface area (Å²) in [5.74, 6) is -1.14. The molecule has 2 aromatic rings. The van der Waals surface area contributed by atoms with E-state index in [9.17, 15) is 14.4 Å². The highest BCUT2D eigenvalue weighted by Crippen LogP contribution is 2.26. The number of ether oxygens (including phenoxy) is 2. The van der Waals surface area contributed by atoms with Gasteiger partial charge < -0.3 is 14.8 Å². The second-order valence-electron chi connectivity index (χ2n) is 5.55. The van der Waals surface area contributed by atoms with Crippen LogP contribution in [0.2, 0.25) is 0 Å². The van der Waals surface area contributed by atoms with Gasteiger partial charge >= 0.3 is 5.97 Å². The molecular formula is C19H18N2O5. The average molecular weight is 354 g/mol. The first-order valence-corrected chi connectivity index (χ1v) is 8.11. The van der Waals surface area contributed by atoms with E-state index >= 15 is 0 Å². The molecule has 1 aliphatic heterocycles. The summed E-state index contributed by atoms with van der Waals surface area (Å²) >= 11 is 0. The zero-order chi connectivity index (χ0) is 18.7. The van der Waals surface area contributed by atoms with Gasteiger partial charge in [0.05, 0.1) is 24.8 Å². The van der Waals surface area contributed by atoms with Gasteiger partial charge in [-0.15, -0.1) is 0 Å². The molecule has 0 spiro atoms. The van der Waals surface area contributed by atoms with Gasteiger partial charge in [-0.05, 0) is 43.3 Å². The number of fused-ring (bicyclic) bond motifs is 1. The molecule has 7 heteroatoms. The van der Waals surface area contributed by atoms with Gasteiger partial charge in [0.1, 0.15) is 5.75 Å². The van der Waals surface area contributed by atoms with Crippen LogP contribution in [-0.2, 0) is 9.53 Å². The van der Waals surface area contributed by atoms with Crippen molar-refractivity contribution >= 4 is 23.5 Å². The highest BCUT2D eigenvalue weighted by atomic mass is 16.5. The molecule has 0 bridgehead atoms. The summed E-state index contributed by atoms with van der Waals surface area (Å²) < 4.78 is 10.2. The summed E-state index contributed by atoms with van der Waals surface area (Å²) in [5, 5.41) is 2.91. The van der Waals surface area contributed by atoms with Crippen molar-refractivity contribution in [2.45, 2.75) is 13.1 Å². The second-order valence-corrected chi connectivity index (χ2v) is 5.55. The van der Waals surface area contributed by atoms with Crippen molar-refractivity contribution in [3.8, 4) is 5.75 Å². The number of esters is 1. The summed E-state index contributed by atoms with van der Waals surface area (Å²) in [6.45, 7) is 1.79. The second kappa shape index (κ2) is 7.26. The Kier molecular flexibility index (Phi) is 4.88. The monoisotopic (exact) mass is 354 g/mol. The Balaban J connectivity index is 1.93. The smallest absolute Gasteiger partial charge is 0.350 e. The molecule has 0 fully saturated rings. The number of nitrogens with zero attached hydrogens (tertiary/aromatic N) is 1. The first-order chi connectivity index (χ1) is 12.6. The van der Waals surface area contributed by atoms with E-state index in [0.29, 0.717) is 11.4 Å². The zero-order valence-electron chi connectivity index (χ0n) is 14.4. The molecular weight excluding hydrogens is 336 g/mol. The van der Waals surface area contributed by atoms with Crippen LogP contribution in [0.25, 0.3) is 0 Å². The fourth-order valence-electron chi connectivity index (χ4n) is 2.74. The van der Waals surface area contributed by atoms with Crippen molar-refractivity contribution < 1.29 is 23.9 Å². The highest BCUT2D eigenvalue weighted by molar-refractivity contribution is 6.22. The van der Waals surface area contributed by atoms with Gasteiger partial charge in [0.25, 0.3) is 11.8 Å². The summed E-state index contributed by atoms with van der Waals surface area (Å²) in [7, 11) is 1.54. The first kappa shape index (κ1) is 17.5. The minimum absolute atomic E-state index is 0.128. The van der Waals surface area contributed by atoms with Crippen LogP contribution < -0.4 is 10.1 Å². The minimum atomic E-state index is -1.27.